The molecule has 90 valence electrons. The molecule has 0 saturated heterocycles. The summed E-state index contributed by atoms with van der Waals surface area (Å²) in [6.07, 6.45) is 0.464. The van der Waals surface area contributed by atoms with Gasteiger partial charge in [0.15, 0.2) is 5.78 Å². The van der Waals surface area contributed by atoms with Crippen LogP contribution >= 0.6 is 0 Å². The van der Waals surface area contributed by atoms with E-state index in [0.717, 1.165) is 5.56 Å². The van der Waals surface area contributed by atoms with Gasteiger partial charge in [0.05, 0.1) is 18.5 Å². The lowest BCUT2D eigenvalue weighted by Gasteiger charge is -2.16. The molecule has 0 bridgehead atoms. The molecular weight excluding hydrogens is 212 g/mol. The molecular formula is C14H18N2O. The van der Waals surface area contributed by atoms with E-state index >= 15 is 0 Å². The molecule has 0 amide bonds. The van der Waals surface area contributed by atoms with Crippen molar-refractivity contribution in [2.24, 2.45) is 5.92 Å². The van der Waals surface area contributed by atoms with Crippen molar-refractivity contribution in [2.75, 3.05) is 20.1 Å². The van der Waals surface area contributed by atoms with Crippen molar-refractivity contribution in [1.29, 1.82) is 5.26 Å². The monoisotopic (exact) mass is 230 g/mol. The summed E-state index contributed by atoms with van der Waals surface area (Å²) in [6.45, 7) is 2.90. The number of carbonyl (C=O) groups is 1. The molecule has 0 saturated carbocycles. The summed E-state index contributed by atoms with van der Waals surface area (Å²) in [5.74, 6) is 0.147. The molecule has 0 aliphatic rings. The van der Waals surface area contributed by atoms with Crippen LogP contribution in [0.3, 0.4) is 0 Å². The zero-order chi connectivity index (χ0) is 12.7. The third-order valence-corrected chi connectivity index (χ3v) is 2.50. The predicted molar refractivity (Wildman–Crippen MR) is 67.4 cm³/mol. The summed E-state index contributed by atoms with van der Waals surface area (Å²) < 4.78 is 0. The molecule has 1 unspecified atom stereocenters. The topological polar surface area (TPSA) is 44.1 Å². The first-order chi connectivity index (χ1) is 8.11. The average Bonchev–Trinajstić information content (AvgIpc) is 2.29. The number of nitrogens with zero attached hydrogens (tertiary/aromatic N) is 2. The Morgan fingerprint density at radius 3 is 2.65 bits per heavy atom. The van der Waals surface area contributed by atoms with Gasteiger partial charge in [0, 0.05) is 13.0 Å². The lowest BCUT2D eigenvalue weighted by molar-refractivity contribution is -0.119. The molecule has 3 nitrogen and oxygen atoms in total. The van der Waals surface area contributed by atoms with Crippen LogP contribution in [0.2, 0.25) is 0 Å². The van der Waals surface area contributed by atoms with Crippen LogP contribution in [0.4, 0.5) is 0 Å². The molecule has 0 fully saturated rings. The van der Waals surface area contributed by atoms with Crippen molar-refractivity contribution in [3.63, 3.8) is 0 Å². The highest BCUT2D eigenvalue weighted by Gasteiger charge is 2.10. The Kier molecular flexibility index (Phi) is 5.38. The van der Waals surface area contributed by atoms with E-state index in [0.29, 0.717) is 19.5 Å². The highest BCUT2D eigenvalue weighted by atomic mass is 16.1. The van der Waals surface area contributed by atoms with Crippen molar-refractivity contribution in [2.45, 2.75) is 13.3 Å². The normalized spacial score (nSPS) is 12.1. The number of benzene rings is 1. The van der Waals surface area contributed by atoms with Crippen LogP contribution in [0.1, 0.15) is 12.5 Å². The van der Waals surface area contributed by atoms with Crippen molar-refractivity contribution >= 4 is 5.78 Å². The fourth-order valence-electron chi connectivity index (χ4n) is 1.75. The molecule has 0 aliphatic carbocycles. The first kappa shape index (κ1) is 13.4. The van der Waals surface area contributed by atoms with Gasteiger partial charge in [0.1, 0.15) is 0 Å². The fraction of sp³-hybridized carbons (Fsp3) is 0.429. The minimum Gasteiger partial charge on any atom is -0.298 e. The quantitative estimate of drug-likeness (QED) is 0.749. The number of likely N-dealkylation sites (N-methyl/N-ethyl adjacent to an activating group) is 1. The van der Waals surface area contributed by atoms with E-state index < -0.39 is 0 Å². The number of Topliss-reactive ketones (excluding diaryl/α,β-unsaturated/α-hetero) is 1. The predicted octanol–water partition coefficient (Wildman–Crippen LogP) is 1.89. The molecule has 1 aromatic carbocycles. The van der Waals surface area contributed by atoms with Crippen molar-refractivity contribution in [3.05, 3.63) is 35.9 Å². The summed E-state index contributed by atoms with van der Waals surface area (Å²) in [5.41, 5.74) is 1.04. The Morgan fingerprint density at radius 1 is 1.41 bits per heavy atom. The summed E-state index contributed by atoms with van der Waals surface area (Å²) >= 11 is 0. The lowest BCUT2D eigenvalue weighted by atomic mass is 10.1. The third-order valence-electron chi connectivity index (χ3n) is 2.50. The number of hydrogen-bond donors (Lipinski definition) is 0. The van der Waals surface area contributed by atoms with Gasteiger partial charge < -0.3 is 0 Å². The van der Waals surface area contributed by atoms with Crippen LogP contribution in [0, 0.1) is 17.2 Å². The summed E-state index contributed by atoms with van der Waals surface area (Å²) in [7, 11) is 1.87. The van der Waals surface area contributed by atoms with Gasteiger partial charge in [0.2, 0.25) is 0 Å². The zero-order valence-electron chi connectivity index (χ0n) is 10.4. The minimum absolute atomic E-state index is 0.0375. The van der Waals surface area contributed by atoms with Gasteiger partial charge in [-0.2, -0.15) is 5.26 Å². The molecule has 0 N–H and O–H groups in total. The molecule has 0 radical (unpaired) electrons. The van der Waals surface area contributed by atoms with E-state index in [9.17, 15) is 4.79 Å². The molecule has 0 aliphatic heterocycles. The standard InChI is InChI=1S/C14H18N2O/c1-12(9-15)10-16(2)11-14(17)8-13-6-4-3-5-7-13/h3-7,12H,8,10-11H2,1-2H3. The molecule has 0 heterocycles. The highest BCUT2D eigenvalue weighted by molar-refractivity contribution is 5.82. The maximum Gasteiger partial charge on any atom is 0.151 e. The van der Waals surface area contributed by atoms with Crippen LogP contribution in [0.25, 0.3) is 0 Å². The van der Waals surface area contributed by atoms with Crippen molar-refractivity contribution in [3.8, 4) is 6.07 Å². The van der Waals surface area contributed by atoms with Crippen LogP contribution < -0.4 is 0 Å². The largest absolute Gasteiger partial charge is 0.298 e. The molecule has 1 atom stereocenters. The smallest absolute Gasteiger partial charge is 0.151 e. The molecule has 1 rings (SSSR count). The summed E-state index contributed by atoms with van der Waals surface area (Å²) in [6, 6.07) is 11.9. The van der Waals surface area contributed by atoms with E-state index in [1.54, 1.807) is 0 Å². The first-order valence-electron chi connectivity index (χ1n) is 5.75. The number of nitriles is 1. The highest BCUT2D eigenvalue weighted by Crippen LogP contribution is 2.02. The fourth-order valence-corrected chi connectivity index (χ4v) is 1.75. The zero-order valence-corrected chi connectivity index (χ0v) is 10.4. The van der Waals surface area contributed by atoms with Gasteiger partial charge in [-0.3, -0.25) is 9.69 Å². The molecule has 17 heavy (non-hydrogen) atoms. The maximum absolute atomic E-state index is 11.8. The Hall–Kier alpha value is -1.66. The van der Waals surface area contributed by atoms with Gasteiger partial charge in [-0.1, -0.05) is 30.3 Å². The van der Waals surface area contributed by atoms with Crippen LogP contribution in [-0.2, 0) is 11.2 Å². The van der Waals surface area contributed by atoms with Gasteiger partial charge in [-0.15, -0.1) is 0 Å². The summed E-state index contributed by atoms with van der Waals surface area (Å²) in [4.78, 5) is 13.7. The maximum atomic E-state index is 11.8. The second kappa shape index (κ2) is 6.82. The minimum atomic E-state index is -0.0375. The molecule has 0 spiro atoms. The Morgan fingerprint density at radius 2 is 2.06 bits per heavy atom. The summed E-state index contributed by atoms with van der Waals surface area (Å²) in [5, 5.41) is 8.69. The van der Waals surface area contributed by atoms with E-state index in [1.807, 2.05) is 49.2 Å². The SMILES string of the molecule is CC(C#N)CN(C)CC(=O)Cc1ccccc1. The van der Waals surface area contributed by atoms with E-state index in [-0.39, 0.29) is 11.7 Å². The molecule has 3 heteroatoms. The van der Waals surface area contributed by atoms with Gasteiger partial charge >= 0.3 is 0 Å². The Balaban J connectivity index is 2.38. The lowest BCUT2D eigenvalue weighted by Crippen LogP contribution is -2.30. The third kappa shape index (κ3) is 5.28. The van der Waals surface area contributed by atoms with Gasteiger partial charge in [-0.05, 0) is 19.5 Å². The second-order valence-electron chi connectivity index (χ2n) is 4.43. The number of carbonyl (C=O) groups excluding carboxylic acids is 1. The number of ketones is 1. The van der Waals surface area contributed by atoms with Crippen molar-refractivity contribution < 1.29 is 4.79 Å². The number of hydrogen-bond acceptors (Lipinski definition) is 3. The van der Waals surface area contributed by atoms with Crippen LogP contribution in [0.15, 0.2) is 30.3 Å². The van der Waals surface area contributed by atoms with E-state index in [1.165, 1.54) is 0 Å². The van der Waals surface area contributed by atoms with Gasteiger partial charge in [0.25, 0.3) is 0 Å². The van der Waals surface area contributed by atoms with E-state index in [4.69, 9.17) is 5.26 Å². The van der Waals surface area contributed by atoms with Crippen molar-refractivity contribution in [1.82, 2.24) is 4.90 Å². The van der Waals surface area contributed by atoms with Crippen LogP contribution in [-0.4, -0.2) is 30.8 Å². The van der Waals surface area contributed by atoms with Crippen LogP contribution in [0.5, 0.6) is 0 Å². The molecule has 0 aromatic heterocycles. The first-order valence-corrected chi connectivity index (χ1v) is 5.75. The Labute approximate surface area is 103 Å². The second-order valence-corrected chi connectivity index (χ2v) is 4.43. The van der Waals surface area contributed by atoms with E-state index in [2.05, 4.69) is 6.07 Å². The number of rotatable bonds is 6. The Bertz CT molecular complexity index is 394. The van der Waals surface area contributed by atoms with Gasteiger partial charge in [-0.25, -0.2) is 0 Å². The average molecular weight is 230 g/mol. The molecule has 1 aromatic rings.